The average molecular weight is 492 g/mol. The molecule has 0 radical (unpaired) electrons. The van der Waals surface area contributed by atoms with Crippen LogP contribution in [0.5, 0.6) is 0 Å². The molecule has 0 amide bonds. The molecule has 182 valence electrons. The van der Waals surface area contributed by atoms with Crippen LogP contribution in [-0.4, -0.2) is 16.5 Å². The fraction of sp³-hybridized carbons (Fsp3) is 0.481. The first kappa shape index (κ1) is 22.5. The molecule has 0 spiro atoms. The number of benzene rings is 1. The predicted molar refractivity (Wildman–Crippen MR) is 136 cm³/mol. The van der Waals surface area contributed by atoms with Crippen LogP contribution in [0.2, 0.25) is 0 Å². The Bertz CT molecular complexity index is 1290. The van der Waals surface area contributed by atoms with E-state index in [0.717, 1.165) is 19.3 Å². The molecule has 4 fully saturated rings. The minimum atomic E-state index is -0.695. The van der Waals surface area contributed by atoms with Gasteiger partial charge >= 0.3 is 0 Å². The number of thiophene rings is 1. The molecule has 1 aromatic carbocycles. The van der Waals surface area contributed by atoms with E-state index in [0.29, 0.717) is 55.7 Å². The van der Waals surface area contributed by atoms with E-state index in [-0.39, 0.29) is 22.7 Å². The Morgan fingerprint density at radius 1 is 1.11 bits per heavy atom. The van der Waals surface area contributed by atoms with Crippen molar-refractivity contribution in [2.45, 2.75) is 58.3 Å². The van der Waals surface area contributed by atoms with Crippen LogP contribution < -0.4 is 11.1 Å². The number of nitrogen functional groups attached to an aromatic ring is 1. The van der Waals surface area contributed by atoms with Gasteiger partial charge in [-0.05, 0) is 70.1 Å². The topological polar surface area (TPSA) is 115 Å². The Balaban J connectivity index is 1.49. The zero-order chi connectivity index (χ0) is 24.6. The highest BCUT2D eigenvalue weighted by molar-refractivity contribution is 7.19. The van der Waals surface area contributed by atoms with Gasteiger partial charge in [-0.15, -0.1) is 11.3 Å². The van der Waals surface area contributed by atoms with E-state index >= 15 is 0 Å². The number of nitrogens with zero attached hydrogens (tertiary/aromatic N) is 1. The third kappa shape index (κ3) is 3.29. The van der Waals surface area contributed by atoms with Crippen LogP contribution in [0.15, 0.2) is 35.5 Å². The van der Waals surface area contributed by atoms with Gasteiger partial charge in [-0.3, -0.25) is 19.7 Å². The third-order valence-corrected chi connectivity index (χ3v) is 9.95. The quantitative estimate of drug-likeness (QED) is 0.298. The summed E-state index contributed by atoms with van der Waals surface area (Å²) in [6, 6.07) is 6.49. The molecular formula is C27H29N3O4S. The van der Waals surface area contributed by atoms with Crippen molar-refractivity contribution in [3.05, 3.63) is 61.7 Å². The summed E-state index contributed by atoms with van der Waals surface area (Å²) in [5, 5.41) is 15.9. The molecule has 0 saturated heterocycles. The Morgan fingerprint density at radius 2 is 1.71 bits per heavy atom. The lowest BCUT2D eigenvalue weighted by Gasteiger charge is -2.55. The molecule has 5 aliphatic rings. The summed E-state index contributed by atoms with van der Waals surface area (Å²) in [5.74, 6) is 1.16. The fourth-order valence-corrected chi connectivity index (χ4v) is 9.18. The number of nitro benzene ring substituents is 1. The number of ketones is 2. The second-order valence-corrected chi connectivity index (χ2v) is 12.1. The second-order valence-electron chi connectivity index (χ2n) is 11.1. The number of hydrogen-bond acceptors (Lipinski definition) is 7. The first-order valence-corrected chi connectivity index (χ1v) is 13.2. The lowest BCUT2D eigenvalue weighted by molar-refractivity contribution is -0.385. The van der Waals surface area contributed by atoms with Crippen LogP contribution >= 0.6 is 11.3 Å². The molecule has 4 aliphatic carbocycles. The van der Waals surface area contributed by atoms with Crippen molar-refractivity contribution in [2.24, 2.45) is 23.2 Å². The van der Waals surface area contributed by atoms with E-state index in [4.69, 9.17) is 5.73 Å². The van der Waals surface area contributed by atoms with Crippen molar-refractivity contribution in [3.8, 4) is 0 Å². The number of hydrogen-bond donors (Lipinski definition) is 2. The monoisotopic (exact) mass is 491 g/mol. The van der Waals surface area contributed by atoms with Crippen molar-refractivity contribution in [1.29, 1.82) is 0 Å². The van der Waals surface area contributed by atoms with Crippen LogP contribution in [0.4, 0.5) is 16.4 Å². The van der Waals surface area contributed by atoms with Gasteiger partial charge < -0.3 is 11.1 Å². The summed E-state index contributed by atoms with van der Waals surface area (Å²) in [7, 11) is 0. The zero-order valence-corrected chi connectivity index (χ0v) is 20.7. The number of nitro groups is 1. The fourth-order valence-electron chi connectivity index (χ4n) is 7.91. The van der Waals surface area contributed by atoms with Gasteiger partial charge in [0.05, 0.1) is 26.4 Å². The lowest BCUT2D eigenvalue weighted by atomic mass is 9.48. The van der Waals surface area contributed by atoms with Crippen molar-refractivity contribution in [1.82, 2.24) is 0 Å². The molecule has 3 N–H and O–H groups in total. The molecule has 1 atom stereocenters. The Morgan fingerprint density at radius 3 is 2.29 bits per heavy atom. The molecule has 1 unspecified atom stereocenters. The normalized spacial score (nSPS) is 30.7. The molecular weight excluding hydrogens is 462 g/mol. The summed E-state index contributed by atoms with van der Waals surface area (Å²) in [5.41, 5.74) is 8.85. The molecule has 2 aromatic rings. The van der Waals surface area contributed by atoms with Crippen molar-refractivity contribution in [2.75, 3.05) is 11.1 Å². The third-order valence-electron chi connectivity index (χ3n) is 8.82. The summed E-state index contributed by atoms with van der Waals surface area (Å²) in [6.45, 7) is 3.27. The highest BCUT2D eigenvalue weighted by Gasteiger charge is 2.55. The van der Waals surface area contributed by atoms with Gasteiger partial charge in [0.2, 0.25) is 0 Å². The Kier molecular flexibility index (Phi) is 4.97. The number of rotatable bonds is 5. The van der Waals surface area contributed by atoms with Crippen molar-refractivity contribution < 1.29 is 14.5 Å². The lowest BCUT2D eigenvalue weighted by Crippen LogP contribution is -2.50. The summed E-state index contributed by atoms with van der Waals surface area (Å²) in [6.07, 6.45) is 6.56. The number of anilines is 2. The van der Waals surface area contributed by atoms with Crippen LogP contribution in [0.1, 0.15) is 79.1 Å². The van der Waals surface area contributed by atoms with E-state index in [1.54, 1.807) is 25.1 Å². The van der Waals surface area contributed by atoms with E-state index in [9.17, 15) is 19.7 Å². The van der Waals surface area contributed by atoms with E-state index in [1.165, 1.54) is 43.6 Å². The number of carbonyl (C=O) groups is 2. The average Bonchev–Trinajstić information content (AvgIpc) is 3.12. The molecule has 1 aromatic heterocycles. The summed E-state index contributed by atoms with van der Waals surface area (Å²) >= 11 is 1.35. The van der Waals surface area contributed by atoms with Gasteiger partial charge in [0, 0.05) is 33.9 Å². The SMILES string of the molecule is CC(=O)C1=C(C)Nc2sc(C(=O)C34CC5CC(CC(C5)C3)C4)c(N)c2C1c1ccccc1[N+](=O)[O-]. The minimum absolute atomic E-state index is 0.0588. The first-order chi connectivity index (χ1) is 16.7. The maximum atomic E-state index is 14.2. The molecule has 35 heavy (non-hydrogen) atoms. The largest absolute Gasteiger partial charge is 0.397 e. The molecule has 2 heterocycles. The number of nitrogens with two attached hydrogens (primary N) is 1. The van der Waals surface area contributed by atoms with Gasteiger partial charge in [0.25, 0.3) is 5.69 Å². The molecule has 7 nitrogen and oxygen atoms in total. The standard InChI is InChI=1S/C27H29N3O4S/c1-13-20(14(2)31)21(18-5-3-4-6-19(18)30(33)34)22-23(28)24(35-26(22)29-13)25(32)27-10-15-7-16(11-27)9-17(8-15)12-27/h3-6,15-17,21,29H,7-12,28H2,1-2H3. The molecule has 7 rings (SSSR count). The van der Waals surface area contributed by atoms with Crippen molar-refractivity contribution in [3.63, 3.8) is 0 Å². The Labute approximate surface area is 207 Å². The number of allylic oxidation sites excluding steroid dienone is 2. The zero-order valence-electron chi connectivity index (χ0n) is 19.9. The van der Waals surface area contributed by atoms with Gasteiger partial charge in [-0.25, -0.2) is 0 Å². The predicted octanol–water partition coefficient (Wildman–Crippen LogP) is 6.06. The highest BCUT2D eigenvalue weighted by atomic mass is 32.1. The molecule has 4 bridgehead atoms. The smallest absolute Gasteiger partial charge is 0.273 e. The van der Waals surface area contributed by atoms with Crippen LogP contribution in [0.25, 0.3) is 0 Å². The maximum Gasteiger partial charge on any atom is 0.273 e. The van der Waals surface area contributed by atoms with Gasteiger partial charge in [-0.2, -0.15) is 0 Å². The molecule has 1 aliphatic heterocycles. The minimum Gasteiger partial charge on any atom is -0.397 e. The van der Waals surface area contributed by atoms with Gasteiger partial charge in [0.15, 0.2) is 11.6 Å². The number of para-hydroxylation sites is 1. The number of carbonyl (C=O) groups excluding carboxylic acids is 2. The number of Topliss-reactive ketones (excluding diaryl/α,β-unsaturated/α-hetero) is 2. The Hall–Kier alpha value is -3.00. The summed E-state index contributed by atoms with van der Waals surface area (Å²) in [4.78, 5) is 39.0. The molecule has 4 saturated carbocycles. The maximum absolute atomic E-state index is 14.2. The van der Waals surface area contributed by atoms with E-state index < -0.39 is 10.8 Å². The van der Waals surface area contributed by atoms with E-state index in [1.807, 2.05) is 0 Å². The van der Waals surface area contributed by atoms with Gasteiger partial charge in [0.1, 0.15) is 0 Å². The summed E-state index contributed by atoms with van der Waals surface area (Å²) < 4.78 is 0. The van der Waals surface area contributed by atoms with E-state index in [2.05, 4.69) is 5.32 Å². The van der Waals surface area contributed by atoms with Crippen LogP contribution in [0, 0.1) is 33.3 Å². The first-order valence-electron chi connectivity index (χ1n) is 12.4. The van der Waals surface area contributed by atoms with Gasteiger partial charge in [-0.1, -0.05) is 18.2 Å². The van der Waals surface area contributed by atoms with Crippen molar-refractivity contribution >= 4 is 39.3 Å². The highest BCUT2D eigenvalue weighted by Crippen LogP contribution is 2.62. The second kappa shape index (κ2) is 7.75. The van der Waals surface area contributed by atoms with Crippen LogP contribution in [-0.2, 0) is 4.79 Å². The molecule has 8 heteroatoms. The number of nitrogens with one attached hydrogen (secondary N) is 1. The van der Waals surface area contributed by atoms with Crippen LogP contribution in [0.3, 0.4) is 0 Å². The number of fused-ring (bicyclic) bond motifs is 1.